The molecule has 1 atom stereocenters. The number of carbonyl (C=O) groups is 1. The molecule has 0 radical (unpaired) electrons. The monoisotopic (exact) mass is 374 g/mol. The SMILES string of the molecule is COc1ccccc1CNC(=O)c1ccc2c(c1)C[C@@H](C)N2S(C)(=O)=O. The minimum Gasteiger partial charge on any atom is -0.496 e. The van der Waals surface area contributed by atoms with Crippen molar-refractivity contribution in [1.29, 1.82) is 0 Å². The van der Waals surface area contributed by atoms with Crippen LogP contribution in [-0.4, -0.2) is 33.7 Å². The Balaban J connectivity index is 1.77. The maximum absolute atomic E-state index is 12.5. The molecule has 0 bridgehead atoms. The largest absolute Gasteiger partial charge is 0.496 e. The second-order valence-electron chi connectivity index (χ2n) is 6.45. The molecule has 0 aliphatic carbocycles. The molecular weight excluding hydrogens is 352 g/mol. The van der Waals surface area contributed by atoms with Crippen LogP contribution in [0.4, 0.5) is 5.69 Å². The predicted octanol–water partition coefficient (Wildman–Crippen LogP) is 2.34. The highest BCUT2D eigenvalue weighted by Crippen LogP contribution is 2.34. The summed E-state index contributed by atoms with van der Waals surface area (Å²) in [4.78, 5) is 12.5. The summed E-state index contributed by atoms with van der Waals surface area (Å²) in [5, 5.41) is 2.88. The third-order valence-corrected chi connectivity index (χ3v) is 5.76. The number of fused-ring (bicyclic) bond motifs is 1. The fraction of sp³-hybridized carbons (Fsp3) is 0.316. The van der Waals surface area contributed by atoms with Gasteiger partial charge in [0.15, 0.2) is 0 Å². The molecule has 0 spiro atoms. The van der Waals surface area contributed by atoms with Crippen LogP contribution in [0.3, 0.4) is 0 Å². The third-order valence-electron chi connectivity index (χ3n) is 4.48. The quantitative estimate of drug-likeness (QED) is 0.872. The van der Waals surface area contributed by atoms with Crippen LogP contribution < -0.4 is 14.4 Å². The standard InChI is InChI=1S/C19H22N2O4S/c1-13-10-16-11-14(8-9-17(16)21(13)26(3,23)24)19(22)20-12-15-6-4-5-7-18(15)25-2/h4-9,11,13H,10,12H2,1-3H3,(H,20,22)/t13-/m1/s1. The van der Waals surface area contributed by atoms with Gasteiger partial charge >= 0.3 is 0 Å². The summed E-state index contributed by atoms with van der Waals surface area (Å²) in [7, 11) is -1.74. The van der Waals surface area contributed by atoms with Crippen LogP contribution in [-0.2, 0) is 23.0 Å². The van der Waals surface area contributed by atoms with E-state index in [1.165, 1.54) is 10.6 Å². The number of carbonyl (C=O) groups excluding carboxylic acids is 1. The van der Waals surface area contributed by atoms with Crippen LogP contribution in [0.1, 0.15) is 28.4 Å². The molecule has 7 heteroatoms. The number of ether oxygens (including phenoxy) is 1. The zero-order valence-corrected chi connectivity index (χ0v) is 15.8. The summed E-state index contributed by atoms with van der Waals surface area (Å²) in [6, 6.07) is 12.5. The maximum atomic E-state index is 12.5. The molecule has 1 aliphatic heterocycles. The van der Waals surface area contributed by atoms with Crippen molar-refractivity contribution in [3.63, 3.8) is 0 Å². The fourth-order valence-corrected chi connectivity index (χ4v) is 4.64. The summed E-state index contributed by atoms with van der Waals surface area (Å²) in [6.45, 7) is 2.22. The highest BCUT2D eigenvalue weighted by atomic mass is 32.2. The molecule has 1 amide bonds. The lowest BCUT2D eigenvalue weighted by atomic mass is 10.1. The van der Waals surface area contributed by atoms with Crippen molar-refractivity contribution >= 4 is 21.6 Å². The van der Waals surface area contributed by atoms with E-state index in [0.29, 0.717) is 24.2 Å². The molecule has 0 fully saturated rings. The predicted molar refractivity (Wildman–Crippen MR) is 101 cm³/mol. The number of anilines is 1. The van der Waals surface area contributed by atoms with E-state index < -0.39 is 10.0 Å². The van der Waals surface area contributed by atoms with E-state index in [0.717, 1.165) is 16.9 Å². The molecule has 1 heterocycles. The molecule has 3 rings (SSSR count). The van der Waals surface area contributed by atoms with E-state index >= 15 is 0 Å². The Hall–Kier alpha value is -2.54. The molecule has 0 aromatic heterocycles. The number of benzene rings is 2. The molecule has 0 saturated heterocycles. The number of methoxy groups -OCH3 is 1. The fourth-order valence-electron chi connectivity index (χ4n) is 3.38. The zero-order chi connectivity index (χ0) is 18.9. The molecule has 2 aromatic carbocycles. The van der Waals surface area contributed by atoms with E-state index in [4.69, 9.17) is 4.74 Å². The zero-order valence-electron chi connectivity index (χ0n) is 15.0. The van der Waals surface area contributed by atoms with E-state index in [1.807, 2.05) is 31.2 Å². The first kappa shape index (κ1) is 18.3. The lowest BCUT2D eigenvalue weighted by Gasteiger charge is -2.21. The molecule has 26 heavy (non-hydrogen) atoms. The van der Waals surface area contributed by atoms with E-state index in [2.05, 4.69) is 5.32 Å². The van der Waals surface area contributed by atoms with Crippen molar-refractivity contribution in [3.05, 3.63) is 59.2 Å². The molecule has 0 unspecified atom stereocenters. The molecule has 2 aromatic rings. The number of sulfonamides is 1. The first-order valence-corrected chi connectivity index (χ1v) is 10.2. The summed E-state index contributed by atoms with van der Waals surface area (Å²) in [6.07, 6.45) is 1.79. The van der Waals surface area contributed by atoms with Crippen molar-refractivity contribution in [2.75, 3.05) is 17.7 Å². The van der Waals surface area contributed by atoms with Crippen LogP contribution in [0, 0.1) is 0 Å². The van der Waals surface area contributed by atoms with E-state index in [9.17, 15) is 13.2 Å². The minimum atomic E-state index is -3.33. The van der Waals surface area contributed by atoms with Gasteiger partial charge in [-0.05, 0) is 43.2 Å². The second kappa shape index (κ2) is 6.99. The number of rotatable bonds is 5. The van der Waals surface area contributed by atoms with Crippen molar-refractivity contribution in [2.45, 2.75) is 25.9 Å². The number of para-hydroxylation sites is 1. The van der Waals surface area contributed by atoms with Gasteiger partial charge < -0.3 is 10.1 Å². The Kier molecular flexibility index (Phi) is 4.91. The highest BCUT2D eigenvalue weighted by molar-refractivity contribution is 7.92. The number of hydrogen-bond donors (Lipinski definition) is 1. The molecule has 6 nitrogen and oxygen atoms in total. The van der Waals surface area contributed by atoms with Crippen LogP contribution in [0.5, 0.6) is 5.75 Å². The highest BCUT2D eigenvalue weighted by Gasteiger charge is 2.32. The van der Waals surface area contributed by atoms with Crippen LogP contribution in [0.15, 0.2) is 42.5 Å². The second-order valence-corrected chi connectivity index (χ2v) is 8.31. The molecular formula is C19H22N2O4S. The van der Waals surface area contributed by atoms with Crippen molar-refractivity contribution in [1.82, 2.24) is 5.32 Å². The summed E-state index contributed by atoms with van der Waals surface area (Å²) in [5.74, 6) is 0.517. The van der Waals surface area contributed by atoms with Crippen LogP contribution >= 0.6 is 0 Å². The minimum absolute atomic E-state index is 0.146. The van der Waals surface area contributed by atoms with Gasteiger partial charge in [0, 0.05) is 23.7 Å². The van der Waals surface area contributed by atoms with Gasteiger partial charge in [-0.1, -0.05) is 18.2 Å². The number of nitrogens with zero attached hydrogens (tertiary/aromatic N) is 1. The lowest BCUT2D eigenvalue weighted by molar-refractivity contribution is 0.0950. The Bertz CT molecular complexity index is 940. The Morgan fingerprint density at radius 2 is 2.00 bits per heavy atom. The number of hydrogen-bond acceptors (Lipinski definition) is 4. The van der Waals surface area contributed by atoms with Gasteiger partial charge in [-0.25, -0.2) is 8.42 Å². The molecule has 138 valence electrons. The van der Waals surface area contributed by atoms with Gasteiger partial charge in [-0.3, -0.25) is 9.10 Å². The first-order chi connectivity index (χ1) is 12.3. The Morgan fingerprint density at radius 3 is 2.69 bits per heavy atom. The van der Waals surface area contributed by atoms with Gasteiger partial charge in [-0.15, -0.1) is 0 Å². The number of nitrogens with one attached hydrogen (secondary N) is 1. The summed E-state index contributed by atoms with van der Waals surface area (Å²) < 4.78 is 30.7. The molecule has 1 aliphatic rings. The van der Waals surface area contributed by atoms with Gasteiger partial charge in [0.1, 0.15) is 5.75 Å². The summed E-state index contributed by atoms with van der Waals surface area (Å²) in [5.41, 5.74) is 2.93. The first-order valence-electron chi connectivity index (χ1n) is 8.33. The summed E-state index contributed by atoms with van der Waals surface area (Å²) >= 11 is 0. The van der Waals surface area contributed by atoms with Crippen molar-refractivity contribution < 1.29 is 17.9 Å². The third kappa shape index (κ3) is 3.53. The average Bonchev–Trinajstić information content (AvgIpc) is 2.94. The normalized spacial score (nSPS) is 16.3. The molecule has 0 saturated carbocycles. The van der Waals surface area contributed by atoms with Crippen molar-refractivity contribution in [2.24, 2.45) is 0 Å². The van der Waals surface area contributed by atoms with Crippen molar-refractivity contribution in [3.8, 4) is 5.75 Å². The van der Waals surface area contributed by atoms with E-state index in [1.54, 1.807) is 25.3 Å². The van der Waals surface area contributed by atoms with Crippen LogP contribution in [0.2, 0.25) is 0 Å². The van der Waals surface area contributed by atoms with Gasteiger partial charge in [0.25, 0.3) is 5.91 Å². The van der Waals surface area contributed by atoms with E-state index in [-0.39, 0.29) is 11.9 Å². The smallest absolute Gasteiger partial charge is 0.251 e. The molecule has 1 N–H and O–H groups in total. The maximum Gasteiger partial charge on any atom is 0.251 e. The topological polar surface area (TPSA) is 75.7 Å². The van der Waals surface area contributed by atoms with Crippen LogP contribution in [0.25, 0.3) is 0 Å². The van der Waals surface area contributed by atoms with Gasteiger partial charge in [0.05, 0.1) is 19.1 Å². The lowest BCUT2D eigenvalue weighted by Crippen LogP contribution is -2.34. The van der Waals surface area contributed by atoms with Gasteiger partial charge in [-0.2, -0.15) is 0 Å². The Morgan fingerprint density at radius 1 is 1.27 bits per heavy atom. The average molecular weight is 374 g/mol. The van der Waals surface area contributed by atoms with Gasteiger partial charge in [0.2, 0.25) is 10.0 Å². The number of amides is 1. The Labute approximate surface area is 153 Å².